The van der Waals surface area contributed by atoms with Gasteiger partial charge in [-0.3, -0.25) is 4.79 Å². The third kappa shape index (κ3) is 2.73. The van der Waals surface area contributed by atoms with Crippen LogP contribution in [0, 0.1) is 0 Å². The van der Waals surface area contributed by atoms with E-state index in [1.54, 1.807) is 17.3 Å². The third-order valence-electron chi connectivity index (χ3n) is 4.59. The minimum Gasteiger partial charge on any atom is -0.390 e. The predicted octanol–water partition coefficient (Wildman–Crippen LogP) is 1.36. The number of aromatic nitrogens is 2. The molecule has 2 atom stereocenters. The highest BCUT2D eigenvalue weighted by molar-refractivity contribution is 5.93. The molecule has 1 spiro atoms. The molecule has 2 fully saturated rings. The molecule has 1 amide bonds. The fourth-order valence-corrected chi connectivity index (χ4v) is 3.26. The lowest BCUT2D eigenvalue weighted by molar-refractivity contribution is -0.124. The Balaban J connectivity index is 1.74. The largest absolute Gasteiger partial charge is 0.390 e. The van der Waals surface area contributed by atoms with Crippen LogP contribution in [-0.2, 0) is 4.74 Å². The molecule has 2 aliphatic heterocycles. The van der Waals surface area contributed by atoms with Crippen LogP contribution in [0.5, 0.6) is 0 Å². The molecule has 0 radical (unpaired) electrons. The zero-order valence-corrected chi connectivity index (χ0v) is 13.2. The van der Waals surface area contributed by atoms with Crippen LogP contribution < -0.4 is 0 Å². The maximum Gasteiger partial charge on any atom is 0.257 e. The highest BCUT2D eigenvalue weighted by atomic mass is 16.5. The summed E-state index contributed by atoms with van der Waals surface area (Å²) in [6.07, 6.45) is 5.00. The third-order valence-corrected chi connectivity index (χ3v) is 4.59. The topological polar surface area (TPSA) is 75.6 Å². The van der Waals surface area contributed by atoms with Crippen molar-refractivity contribution in [2.45, 2.75) is 50.7 Å². The summed E-state index contributed by atoms with van der Waals surface area (Å²) in [7, 11) is 0. The van der Waals surface area contributed by atoms with Gasteiger partial charge in [0.25, 0.3) is 5.91 Å². The van der Waals surface area contributed by atoms with Gasteiger partial charge in [0.2, 0.25) is 0 Å². The van der Waals surface area contributed by atoms with E-state index >= 15 is 0 Å². The number of rotatable bonds is 2. The summed E-state index contributed by atoms with van der Waals surface area (Å²) in [5, 5.41) is 10.2. The molecule has 1 N–H and O–H groups in total. The lowest BCUT2D eigenvalue weighted by atomic mass is 9.87. The van der Waals surface area contributed by atoms with E-state index in [1.807, 2.05) is 13.8 Å². The summed E-state index contributed by atoms with van der Waals surface area (Å²) in [5.74, 6) is 0.891. The molecule has 0 aliphatic carbocycles. The van der Waals surface area contributed by atoms with Crippen LogP contribution in [0.15, 0.2) is 12.4 Å². The van der Waals surface area contributed by atoms with Crippen molar-refractivity contribution in [3.8, 4) is 0 Å². The van der Waals surface area contributed by atoms with Crippen molar-refractivity contribution in [2.75, 3.05) is 19.7 Å². The number of carbonyl (C=O) groups excluding carboxylic acids is 1. The summed E-state index contributed by atoms with van der Waals surface area (Å²) in [4.78, 5) is 22.9. The molecule has 6 nitrogen and oxygen atoms in total. The van der Waals surface area contributed by atoms with Gasteiger partial charge >= 0.3 is 0 Å². The summed E-state index contributed by atoms with van der Waals surface area (Å²) in [5.41, 5.74) is -0.0824. The molecule has 2 aliphatic rings. The predicted molar refractivity (Wildman–Crippen MR) is 80.6 cm³/mol. The van der Waals surface area contributed by atoms with Crippen LogP contribution in [0.2, 0.25) is 0 Å². The number of hydrogen-bond donors (Lipinski definition) is 1. The number of piperidine rings is 1. The van der Waals surface area contributed by atoms with E-state index in [-0.39, 0.29) is 11.8 Å². The number of carbonyl (C=O) groups is 1. The Morgan fingerprint density at radius 1 is 1.45 bits per heavy atom. The van der Waals surface area contributed by atoms with Crippen molar-refractivity contribution in [3.63, 3.8) is 0 Å². The quantitative estimate of drug-likeness (QED) is 0.893. The standard InChI is InChI=1S/C16H23N3O3/c1-11(2)14-17-8-12(9-18-14)15(21)19-6-4-13(20)16(10-19)5-3-7-22-16/h8-9,11,13,20H,3-7,10H2,1-2H3/t13-,16-/m0/s1. The Labute approximate surface area is 130 Å². The van der Waals surface area contributed by atoms with Crippen molar-refractivity contribution < 1.29 is 14.6 Å². The zero-order valence-electron chi connectivity index (χ0n) is 13.2. The molecule has 3 rings (SSSR count). The Kier molecular flexibility index (Phi) is 4.14. The highest BCUT2D eigenvalue weighted by Crippen LogP contribution is 2.35. The van der Waals surface area contributed by atoms with E-state index in [0.717, 1.165) is 18.7 Å². The molecule has 1 aromatic rings. The van der Waals surface area contributed by atoms with Gasteiger partial charge in [-0.05, 0) is 19.3 Å². The van der Waals surface area contributed by atoms with Crippen molar-refractivity contribution in [3.05, 3.63) is 23.8 Å². The maximum atomic E-state index is 12.6. The Bertz CT molecular complexity index is 538. The van der Waals surface area contributed by atoms with Crippen LogP contribution in [0.25, 0.3) is 0 Å². The number of nitrogens with zero attached hydrogens (tertiary/aromatic N) is 3. The second-order valence-corrected chi connectivity index (χ2v) is 6.53. The first-order valence-electron chi connectivity index (χ1n) is 7.95. The second-order valence-electron chi connectivity index (χ2n) is 6.53. The summed E-state index contributed by atoms with van der Waals surface area (Å²) in [6.45, 7) is 5.68. The Hall–Kier alpha value is -1.53. The van der Waals surface area contributed by atoms with E-state index in [4.69, 9.17) is 4.74 Å². The van der Waals surface area contributed by atoms with Crippen molar-refractivity contribution in [2.24, 2.45) is 0 Å². The number of aliphatic hydroxyl groups is 1. The van der Waals surface area contributed by atoms with Gasteiger partial charge < -0.3 is 14.7 Å². The molecule has 3 heterocycles. The van der Waals surface area contributed by atoms with Gasteiger partial charge in [-0.15, -0.1) is 0 Å². The number of amides is 1. The zero-order chi connectivity index (χ0) is 15.7. The first kappa shape index (κ1) is 15.4. The molecule has 6 heteroatoms. The number of aliphatic hydroxyl groups excluding tert-OH is 1. The van der Waals surface area contributed by atoms with Gasteiger partial charge in [-0.2, -0.15) is 0 Å². The van der Waals surface area contributed by atoms with Crippen LogP contribution in [0.4, 0.5) is 0 Å². The lowest BCUT2D eigenvalue weighted by Gasteiger charge is -2.43. The lowest BCUT2D eigenvalue weighted by Crippen LogP contribution is -2.57. The normalized spacial score (nSPS) is 28.5. The Morgan fingerprint density at radius 3 is 2.77 bits per heavy atom. The monoisotopic (exact) mass is 305 g/mol. The minimum absolute atomic E-state index is 0.0860. The molecule has 2 saturated heterocycles. The van der Waals surface area contributed by atoms with Crippen LogP contribution in [-0.4, -0.2) is 57.3 Å². The van der Waals surface area contributed by atoms with Gasteiger partial charge in [0.05, 0.1) is 18.2 Å². The maximum absolute atomic E-state index is 12.6. The molecule has 0 unspecified atom stereocenters. The molecule has 1 aromatic heterocycles. The van der Waals surface area contributed by atoms with Crippen LogP contribution >= 0.6 is 0 Å². The van der Waals surface area contributed by atoms with Crippen LogP contribution in [0.1, 0.15) is 55.2 Å². The molecule has 0 bridgehead atoms. The van der Waals surface area contributed by atoms with E-state index < -0.39 is 11.7 Å². The number of likely N-dealkylation sites (tertiary alicyclic amines) is 1. The number of ether oxygens (including phenoxy) is 1. The molecule has 22 heavy (non-hydrogen) atoms. The van der Waals surface area contributed by atoms with Gasteiger partial charge in [0, 0.05) is 31.5 Å². The SMILES string of the molecule is CC(C)c1ncc(C(=O)N2CC[C@H](O)[C@]3(CCCO3)C2)cn1. The van der Waals surface area contributed by atoms with Gasteiger partial charge in [-0.1, -0.05) is 13.8 Å². The van der Waals surface area contributed by atoms with Crippen molar-refractivity contribution >= 4 is 5.91 Å². The molecule has 0 aromatic carbocycles. The summed E-state index contributed by atoms with van der Waals surface area (Å²) >= 11 is 0. The van der Waals surface area contributed by atoms with Gasteiger partial charge in [-0.25, -0.2) is 9.97 Å². The van der Waals surface area contributed by atoms with Crippen molar-refractivity contribution in [1.29, 1.82) is 0 Å². The highest BCUT2D eigenvalue weighted by Gasteiger charge is 2.47. The smallest absolute Gasteiger partial charge is 0.257 e. The Morgan fingerprint density at radius 2 is 2.18 bits per heavy atom. The van der Waals surface area contributed by atoms with Crippen LogP contribution in [0.3, 0.4) is 0 Å². The van der Waals surface area contributed by atoms with E-state index in [1.165, 1.54) is 0 Å². The average molecular weight is 305 g/mol. The molecular formula is C16H23N3O3. The first-order chi connectivity index (χ1) is 10.5. The summed E-state index contributed by atoms with van der Waals surface area (Å²) < 4.78 is 5.79. The number of hydrogen-bond acceptors (Lipinski definition) is 5. The van der Waals surface area contributed by atoms with Crippen molar-refractivity contribution in [1.82, 2.24) is 14.9 Å². The molecule has 0 saturated carbocycles. The second kappa shape index (κ2) is 5.93. The fourth-order valence-electron chi connectivity index (χ4n) is 3.26. The minimum atomic E-state index is -0.577. The van der Waals surface area contributed by atoms with Gasteiger partial charge in [0.15, 0.2) is 0 Å². The van der Waals surface area contributed by atoms with E-state index in [9.17, 15) is 9.90 Å². The van der Waals surface area contributed by atoms with Gasteiger partial charge in [0.1, 0.15) is 11.4 Å². The molecule has 120 valence electrons. The van der Waals surface area contributed by atoms with E-state index in [2.05, 4.69) is 9.97 Å². The fraction of sp³-hybridized carbons (Fsp3) is 0.688. The van der Waals surface area contributed by atoms with E-state index in [0.29, 0.717) is 31.7 Å². The molecular weight excluding hydrogens is 282 g/mol. The average Bonchev–Trinajstić information content (AvgIpc) is 2.99. The summed E-state index contributed by atoms with van der Waals surface area (Å²) in [6, 6.07) is 0. The first-order valence-corrected chi connectivity index (χ1v) is 7.95.